The van der Waals surface area contributed by atoms with Crippen molar-refractivity contribution in [1.29, 1.82) is 0 Å². The molecule has 1 saturated heterocycles. The van der Waals surface area contributed by atoms with Crippen LogP contribution in [0.5, 0.6) is 0 Å². The Bertz CT molecular complexity index is 1900. The topological polar surface area (TPSA) is 259 Å². The Balaban J connectivity index is 1.40. The molecule has 7 atom stereocenters. The fraction of sp³-hybridized carbons (Fsp3) is 0.419. The van der Waals surface area contributed by atoms with Gasteiger partial charge in [-0.25, -0.2) is 9.59 Å². The minimum absolute atomic E-state index is 0.00184. The van der Waals surface area contributed by atoms with E-state index in [9.17, 15) is 43.8 Å². The summed E-state index contributed by atoms with van der Waals surface area (Å²) in [4.78, 5) is 92.6. The Hall–Kier alpha value is -6.33. The van der Waals surface area contributed by atoms with Gasteiger partial charge in [-0.2, -0.15) is 0 Å². The number of carbonyl (C=O) groups excluding carboxylic acids is 6. The van der Waals surface area contributed by atoms with E-state index in [-0.39, 0.29) is 31.9 Å². The average Bonchev–Trinajstić information content (AvgIpc) is 3.74. The van der Waals surface area contributed by atoms with Gasteiger partial charge in [0.15, 0.2) is 0 Å². The average molecular weight is 830 g/mol. The summed E-state index contributed by atoms with van der Waals surface area (Å²) in [6, 6.07) is 20.5. The SMILES string of the molecule is CC[C@H](C)[C@H](NC(=O)[C@@H]1CCCN1C(O)CNC(=O)[C@H](Cc1ccccc1)NC(=O)[C@H](CC(N)=O)NC(=O)OCc1ccccc1)C(=O)N[C@@H](Cc1ccccc1)C(=O)O. The molecule has 1 aliphatic rings. The van der Waals surface area contributed by atoms with Crippen LogP contribution in [0.3, 0.4) is 0 Å². The molecule has 9 N–H and O–H groups in total. The van der Waals surface area contributed by atoms with Gasteiger partial charge >= 0.3 is 12.1 Å². The quantitative estimate of drug-likeness (QED) is 0.0712. The van der Waals surface area contributed by atoms with Gasteiger partial charge in [0.2, 0.25) is 29.5 Å². The number of carboxylic acids is 1. The number of ether oxygens (including phenoxy) is 1. The summed E-state index contributed by atoms with van der Waals surface area (Å²) in [7, 11) is 0. The van der Waals surface area contributed by atoms with E-state index in [1.54, 1.807) is 97.9 Å². The van der Waals surface area contributed by atoms with Crippen LogP contribution in [0.2, 0.25) is 0 Å². The Morgan fingerprint density at radius 1 is 0.750 bits per heavy atom. The van der Waals surface area contributed by atoms with E-state index >= 15 is 0 Å². The highest BCUT2D eigenvalue weighted by atomic mass is 16.5. The number of hydrogen-bond acceptors (Lipinski definition) is 10. The Labute approximate surface area is 348 Å². The van der Waals surface area contributed by atoms with Gasteiger partial charge < -0.3 is 47.3 Å². The van der Waals surface area contributed by atoms with Gasteiger partial charge in [-0.05, 0) is 35.4 Å². The smallest absolute Gasteiger partial charge is 0.408 e. The van der Waals surface area contributed by atoms with Crippen LogP contribution in [-0.2, 0) is 53.0 Å². The molecule has 3 aromatic rings. The highest BCUT2D eigenvalue weighted by Gasteiger charge is 2.38. The van der Waals surface area contributed by atoms with Crippen LogP contribution in [0.1, 0.15) is 56.2 Å². The molecule has 0 bridgehead atoms. The number of alkyl carbamates (subject to hydrolysis) is 1. The number of nitrogens with zero attached hydrogens (tertiary/aromatic N) is 1. The maximum atomic E-state index is 13.7. The number of nitrogens with one attached hydrogen (secondary N) is 5. The van der Waals surface area contributed by atoms with Gasteiger partial charge in [-0.1, -0.05) is 111 Å². The second kappa shape index (κ2) is 23.3. The van der Waals surface area contributed by atoms with Gasteiger partial charge in [0.1, 0.15) is 37.0 Å². The van der Waals surface area contributed by atoms with Crippen molar-refractivity contribution in [3.8, 4) is 0 Å². The van der Waals surface area contributed by atoms with E-state index < -0.39 is 84.5 Å². The highest BCUT2D eigenvalue weighted by Crippen LogP contribution is 2.21. The Morgan fingerprint density at radius 3 is 1.85 bits per heavy atom. The molecule has 60 heavy (non-hydrogen) atoms. The van der Waals surface area contributed by atoms with Crippen molar-refractivity contribution in [2.45, 2.75) is 95.4 Å². The number of carboxylic acid groups (broad SMARTS) is 1. The van der Waals surface area contributed by atoms with Crippen molar-refractivity contribution in [2.24, 2.45) is 11.7 Å². The molecular formula is C43H55N7O10. The number of hydrogen-bond donors (Lipinski definition) is 8. The first-order chi connectivity index (χ1) is 28.7. The van der Waals surface area contributed by atoms with Gasteiger partial charge in [-0.3, -0.25) is 28.9 Å². The number of aliphatic hydroxyl groups excluding tert-OH is 1. The zero-order valence-corrected chi connectivity index (χ0v) is 33.8. The lowest BCUT2D eigenvalue weighted by Crippen LogP contribution is -2.59. The molecule has 1 unspecified atom stereocenters. The van der Waals surface area contributed by atoms with E-state index in [0.29, 0.717) is 42.5 Å². The number of primary amides is 1. The number of aliphatic carboxylic acids is 1. The molecule has 17 heteroatoms. The lowest BCUT2D eigenvalue weighted by molar-refractivity contribution is -0.142. The molecule has 322 valence electrons. The standard InChI is InChI=1S/C43H55N7O10/c1-3-27(2)37(41(56)47-33(42(57)58)23-29-16-9-5-10-17-29)49-40(55)34-20-13-21-50(34)36(52)25-45-38(53)31(22-28-14-7-4-8-15-28)46-39(54)32(24-35(44)51)48-43(59)60-26-30-18-11-6-12-19-30/h4-12,14-19,27,31-34,36-37,52H,3,13,20-26H2,1-2H3,(H2,44,51)(H,45,53)(H,46,54)(H,47,56)(H,48,59)(H,49,55)(H,57,58)/t27-,31-,32-,33-,34-,36?,37-/m0/s1. The third-order valence-electron chi connectivity index (χ3n) is 10.3. The van der Waals surface area contributed by atoms with Crippen LogP contribution in [0, 0.1) is 5.92 Å². The number of likely N-dealkylation sites (tertiary alicyclic amines) is 1. The van der Waals surface area contributed by atoms with Crippen LogP contribution in [0.15, 0.2) is 91.0 Å². The summed E-state index contributed by atoms with van der Waals surface area (Å²) in [6.07, 6.45) is -1.53. The summed E-state index contributed by atoms with van der Waals surface area (Å²) in [5.74, 6) is -5.26. The zero-order chi connectivity index (χ0) is 43.6. The molecule has 3 aromatic carbocycles. The third-order valence-corrected chi connectivity index (χ3v) is 10.3. The summed E-state index contributed by atoms with van der Waals surface area (Å²) in [6.45, 7) is 3.44. The maximum absolute atomic E-state index is 13.7. The highest BCUT2D eigenvalue weighted by molar-refractivity contribution is 5.94. The fourth-order valence-electron chi connectivity index (χ4n) is 6.77. The van der Waals surface area contributed by atoms with E-state index in [0.717, 1.165) is 0 Å². The molecule has 1 aliphatic heterocycles. The molecule has 17 nitrogen and oxygen atoms in total. The number of carbonyl (C=O) groups is 7. The second-order valence-corrected chi connectivity index (χ2v) is 14.8. The van der Waals surface area contributed by atoms with Crippen molar-refractivity contribution >= 4 is 41.6 Å². The molecule has 1 fully saturated rings. The van der Waals surface area contributed by atoms with Crippen molar-refractivity contribution in [3.63, 3.8) is 0 Å². The van der Waals surface area contributed by atoms with Gasteiger partial charge in [-0.15, -0.1) is 0 Å². The van der Waals surface area contributed by atoms with Crippen molar-refractivity contribution in [2.75, 3.05) is 13.1 Å². The molecule has 0 saturated carbocycles. The van der Waals surface area contributed by atoms with Gasteiger partial charge in [0.25, 0.3) is 0 Å². The molecular weight excluding hydrogens is 775 g/mol. The predicted octanol–water partition coefficient (Wildman–Crippen LogP) is 1.13. The normalized spacial score (nSPS) is 16.8. The molecule has 1 heterocycles. The maximum Gasteiger partial charge on any atom is 0.408 e. The number of aliphatic hydroxyl groups is 1. The second-order valence-electron chi connectivity index (χ2n) is 14.8. The lowest BCUT2D eigenvalue weighted by Gasteiger charge is -2.32. The summed E-state index contributed by atoms with van der Waals surface area (Å²) < 4.78 is 5.21. The molecule has 0 aliphatic carbocycles. The van der Waals surface area contributed by atoms with Crippen LogP contribution in [-0.4, -0.2) is 106 Å². The minimum atomic E-state index is -1.48. The van der Waals surface area contributed by atoms with Crippen molar-refractivity contribution in [3.05, 3.63) is 108 Å². The van der Waals surface area contributed by atoms with E-state index in [4.69, 9.17) is 10.5 Å². The monoisotopic (exact) mass is 829 g/mol. The first-order valence-corrected chi connectivity index (χ1v) is 19.9. The van der Waals surface area contributed by atoms with E-state index in [2.05, 4.69) is 26.6 Å². The molecule has 0 spiro atoms. The van der Waals surface area contributed by atoms with Gasteiger partial charge in [0.05, 0.1) is 19.0 Å². The number of benzene rings is 3. The van der Waals surface area contributed by atoms with Gasteiger partial charge in [0, 0.05) is 19.4 Å². The summed E-state index contributed by atoms with van der Waals surface area (Å²) >= 11 is 0. The largest absolute Gasteiger partial charge is 0.480 e. The molecule has 0 aromatic heterocycles. The summed E-state index contributed by atoms with van der Waals surface area (Å²) in [5.41, 5.74) is 7.46. The molecule has 0 radical (unpaired) electrons. The number of amides is 6. The fourth-order valence-corrected chi connectivity index (χ4v) is 6.77. The zero-order valence-electron chi connectivity index (χ0n) is 33.8. The van der Waals surface area contributed by atoms with Crippen LogP contribution in [0.4, 0.5) is 4.79 Å². The lowest BCUT2D eigenvalue weighted by atomic mass is 9.96. The first-order valence-electron chi connectivity index (χ1n) is 19.9. The Kier molecular flexibility index (Phi) is 18.0. The Morgan fingerprint density at radius 2 is 1.30 bits per heavy atom. The first kappa shape index (κ1) is 46.4. The van der Waals surface area contributed by atoms with Crippen LogP contribution in [0.25, 0.3) is 0 Å². The molecule has 4 rings (SSSR count). The van der Waals surface area contributed by atoms with Crippen molar-refractivity contribution < 1.29 is 48.5 Å². The van der Waals surface area contributed by atoms with E-state index in [1.807, 2.05) is 6.92 Å². The van der Waals surface area contributed by atoms with E-state index in [1.165, 1.54) is 4.90 Å². The van der Waals surface area contributed by atoms with Crippen LogP contribution < -0.4 is 32.3 Å². The minimum Gasteiger partial charge on any atom is -0.480 e. The predicted molar refractivity (Wildman–Crippen MR) is 219 cm³/mol. The third kappa shape index (κ3) is 14.5. The van der Waals surface area contributed by atoms with Crippen molar-refractivity contribution in [1.82, 2.24) is 31.5 Å². The molecule has 6 amide bonds. The summed E-state index contributed by atoms with van der Waals surface area (Å²) in [5, 5.41) is 34.1. The number of nitrogens with two attached hydrogens (primary N) is 1. The number of rotatable bonds is 22. The van der Waals surface area contributed by atoms with Crippen LogP contribution >= 0.6 is 0 Å².